The number of hydrogen-bond donors (Lipinski definition) is 0. The molecule has 1 unspecified atom stereocenters. The second-order valence-corrected chi connectivity index (χ2v) is 5.34. The summed E-state index contributed by atoms with van der Waals surface area (Å²) < 4.78 is 5.39. The number of amides is 1. The van der Waals surface area contributed by atoms with Gasteiger partial charge in [0.1, 0.15) is 6.04 Å². The minimum Gasteiger partial charge on any atom is -0.337 e. The quantitative estimate of drug-likeness (QED) is 0.807. The molecule has 1 aliphatic carbocycles. The molecule has 1 saturated carbocycles. The van der Waals surface area contributed by atoms with E-state index in [1.54, 1.807) is 6.92 Å². The molecule has 0 N–H and O–H groups in total. The smallest absolute Gasteiger partial charge is 0.249 e. The lowest BCUT2D eigenvalue weighted by molar-refractivity contribution is -0.131. The zero-order chi connectivity index (χ0) is 12.5. The van der Waals surface area contributed by atoms with E-state index in [1.807, 2.05) is 4.90 Å². The van der Waals surface area contributed by atoms with Crippen molar-refractivity contribution in [3.63, 3.8) is 0 Å². The molecule has 2 aliphatic rings. The Balaban J connectivity index is 1.82. The van der Waals surface area contributed by atoms with Crippen molar-refractivity contribution in [2.24, 2.45) is 0 Å². The molecule has 1 aromatic rings. The third-order valence-corrected chi connectivity index (χ3v) is 3.84. The summed E-state index contributed by atoms with van der Waals surface area (Å²) in [6.45, 7) is 2.43. The Morgan fingerprint density at radius 2 is 2.11 bits per heavy atom. The highest BCUT2D eigenvalue weighted by Crippen LogP contribution is 2.39. The average molecular weight is 249 g/mol. The molecular formula is C13H19N3O2. The monoisotopic (exact) mass is 249 g/mol. The Kier molecular flexibility index (Phi) is 3.06. The van der Waals surface area contributed by atoms with Gasteiger partial charge in [-0.1, -0.05) is 18.0 Å². The number of nitrogens with zero attached hydrogens (tertiary/aromatic N) is 3. The molecule has 98 valence electrons. The molecule has 1 aromatic heterocycles. The lowest BCUT2D eigenvalue weighted by Crippen LogP contribution is -2.33. The van der Waals surface area contributed by atoms with E-state index in [4.69, 9.17) is 4.52 Å². The van der Waals surface area contributed by atoms with Crippen LogP contribution in [0.25, 0.3) is 0 Å². The molecule has 0 bridgehead atoms. The predicted molar refractivity (Wildman–Crippen MR) is 64.9 cm³/mol. The van der Waals surface area contributed by atoms with Gasteiger partial charge in [-0.2, -0.15) is 4.98 Å². The van der Waals surface area contributed by atoms with Gasteiger partial charge in [0, 0.05) is 19.4 Å². The maximum atomic E-state index is 11.7. The van der Waals surface area contributed by atoms with Crippen LogP contribution in [0.1, 0.15) is 69.1 Å². The Hall–Kier alpha value is -1.39. The van der Waals surface area contributed by atoms with E-state index >= 15 is 0 Å². The van der Waals surface area contributed by atoms with Gasteiger partial charge in [-0.3, -0.25) is 4.79 Å². The summed E-state index contributed by atoms with van der Waals surface area (Å²) in [6.07, 6.45) is 6.63. The molecule has 2 fully saturated rings. The summed E-state index contributed by atoms with van der Waals surface area (Å²) in [7, 11) is 0. The van der Waals surface area contributed by atoms with Gasteiger partial charge in [0.15, 0.2) is 5.82 Å². The Bertz CT molecular complexity index is 439. The molecule has 0 radical (unpaired) electrons. The fourth-order valence-electron chi connectivity index (χ4n) is 2.63. The molecule has 1 amide bonds. The van der Waals surface area contributed by atoms with Crippen LogP contribution < -0.4 is 0 Å². The highest BCUT2D eigenvalue weighted by atomic mass is 16.5. The third-order valence-electron chi connectivity index (χ3n) is 3.84. The van der Waals surface area contributed by atoms with Crippen LogP contribution in [0.4, 0.5) is 0 Å². The number of hydrogen-bond acceptors (Lipinski definition) is 4. The van der Waals surface area contributed by atoms with Crippen molar-refractivity contribution >= 4 is 5.91 Å². The van der Waals surface area contributed by atoms with Gasteiger partial charge in [-0.25, -0.2) is 0 Å². The highest BCUT2D eigenvalue weighted by Gasteiger charge is 2.33. The zero-order valence-corrected chi connectivity index (χ0v) is 10.8. The standard InChI is InChI=1S/C13H19N3O2/c1-9(17)16-8-4-2-3-5-11(16)13-14-12(15-18-13)10-6-7-10/h10-11H,2-8H2,1H3. The van der Waals surface area contributed by atoms with Crippen molar-refractivity contribution in [1.82, 2.24) is 15.0 Å². The molecule has 0 aromatic carbocycles. The summed E-state index contributed by atoms with van der Waals surface area (Å²) in [5, 5.41) is 4.05. The van der Waals surface area contributed by atoms with Crippen LogP contribution >= 0.6 is 0 Å². The summed E-state index contributed by atoms with van der Waals surface area (Å²) in [4.78, 5) is 18.1. The number of aromatic nitrogens is 2. The van der Waals surface area contributed by atoms with Crippen molar-refractivity contribution in [1.29, 1.82) is 0 Å². The molecule has 2 heterocycles. The molecule has 1 atom stereocenters. The van der Waals surface area contributed by atoms with Crippen LogP contribution in [0.5, 0.6) is 0 Å². The third kappa shape index (κ3) is 2.26. The first-order valence-corrected chi connectivity index (χ1v) is 6.86. The minimum atomic E-state index is -0.00926. The van der Waals surface area contributed by atoms with Crippen LogP contribution in [-0.2, 0) is 4.79 Å². The first-order valence-electron chi connectivity index (χ1n) is 6.86. The number of likely N-dealkylation sites (tertiary alicyclic amines) is 1. The Morgan fingerprint density at radius 1 is 1.28 bits per heavy atom. The summed E-state index contributed by atoms with van der Waals surface area (Å²) in [5.74, 6) is 2.07. The van der Waals surface area contributed by atoms with Crippen molar-refractivity contribution in [3.05, 3.63) is 11.7 Å². The van der Waals surface area contributed by atoms with Crippen LogP contribution in [0.2, 0.25) is 0 Å². The summed E-state index contributed by atoms with van der Waals surface area (Å²) in [5.41, 5.74) is 0. The number of carbonyl (C=O) groups excluding carboxylic acids is 1. The minimum absolute atomic E-state index is 0.00926. The molecule has 0 spiro atoms. The normalized spacial score (nSPS) is 24.9. The van der Waals surface area contributed by atoms with Gasteiger partial charge in [0.2, 0.25) is 11.8 Å². The fourth-order valence-corrected chi connectivity index (χ4v) is 2.63. The SMILES string of the molecule is CC(=O)N1CCCCCC1c1nc(C2CC2)no1. The Labute approximate surface area is 107 Å². The van der Waals surface area contributed by atoms with E-state index in [0.29, 0.717) is 11.8 Å². The lowest BCUT2D eigenvalue weighted by Gasteiger charge is -2.25. The topological polar surface area (TPSA) is 59.2 Å². The number of carbonyl (C=O) groups is 1. The fraction of sp³-hybridized carbons (Fsp3) is 0.769. The van der Waals surface area contributed by atoms with Crippen LogP contribution in [0.3, 0.4) is 0 Å². The maximum absolute atomic E-state index is 11.7. The van der Waals surface area contributed by atoms with Crippen molar-refractivity contribution < 1.29 is 9.32 Å². The molecular weight excluding hydrogens is 230 g/mol. The van der Waals surface area contributed by atoms with Gasteiger partial charge in [0.25, 0.3) is 0 Å². The largest absolute Gasteiger partial charge is 0.337 e. The van der Waals surface area contributed by atoms with E-state index in [1.165, 1.54) is 19.3 Å². The highest BCUT2D eigenvalue weighted by molar-refractivity contribution is 5.73. The Morgan fingerprint density at radius 3 is 2.83 bits per heavy atom. The summed E-state index contributed by atoms with van der Waals surface area (Å²) in [6, 6.07) is -0.00926. The summed E-state index contributed by atoms with van der Waals surface area (Å²) >= 11 is 0. The van der Waals surface area contributed by atoms with Crippen LogP contribution in [0.15, 0.2) is 4.52 Å². The molecule has 18 heavy (non-hydrogen) atoms. The van der Waals surface area contributed by atoms with Gasteiger partial charge >= 0.3 is 0 Å². The van der Waals surface area contributed by atoms with E-state index in [-0.39, 0.29) is 11.9 Å². The lowest BCUT2D eigenvalue weighted by atomic mass is 10.1. The number of rotatable bonds is 2. The van der Waals surface area contributed by atoms with E-state index in [9.17, 15) is 4.79 Å². The van der Waals surface area contributed by atoms with Crippen molar-refractivity contribution in [2.45, 2.75) is 57.4 Å². The molecule has 1 saturated heterocycles. The van der Waals surface area contributed by atoms with Crippen molar-refractivity contribution in [3.8, 4) is 0 Å². The van der Waals surface area contributed by atoms with Crippen LogP contribution in [0, 0.1) is 0 Å². The second-order valence-electron chi connectivity index (χ2n) is 5.34. The zero-order valence-electron chi connectivity index (χ0n) is 10.8. The predicted octanol–water partition coefficient (Wildman–Crippen LogP) is 2.41. The van der Waals surface area contributed by atoms with Crippen LogP contribution in [-0.4, -0.2) is 27.5 Å². The first-order chi connectivity index (χ1) is 8.75. The molecule has 5 nitrogen and oxygen atoms in total. The van der Waals surface area contributed by atoms with Gasteiger partial charge < -0.3 is 9.42 Å². The van der Waals surface area contributed by atoms with Gasteiger partial charge in [-0.15, -0.1) is 0 Å². The van der Waals surface area contributed by atoms with E-state index < -0.39 is 0 Å². The second kappa shape index (κ2) is 4.71. The van der Waals surface area contributed by atoms with E-state index in [0.717, 1.165) is 31.6 Å². The van der Waals surface area contributed by atoms with Gasteiger partial charge in [0.05, 0.1) is 0 Å². The average Bonchev–Trinajstić information content (AvgIpc) is 3.13. The molecule has 5 heteroatoms. The molecule has 1 aliphatic heterocycles. The maximum Gasteiger partial charge on any atom is 0.249 e. The van der Waals surface area contributed by atoms with E-state index in [2.05, 4.69) is 10.1 Å². The molecule has 3 rings (SSSR count). The van der Waals surface area contributed by atoms with Crippen molar-refractivity contribution in [2.75, 3.05) is 6.54 Å². The first kappa shape index (κ1) is 11.7. The van der Waals surface area contributed by atoms with Gasteiger partial charge in [-0.05, 0) is 25.7 Å².